The van der Waals surface area contributed by atoms with Gasteiger partial charge >= 0.3 is 0 Å². The molecular formula is C6H11NO4. The van der Waals surface area contributed by atoms with Gasteiger partial charge in [0.05, 0.1) is 13.2 Å². The second kappa shape index (κ2) is 2.15. The number of fused-ring (bicyclic) bond motifs is 2. The highest BCUT2D eigenvalue weighted by molar-refractivity contribution is 5.06. The second-order valence-electron chi connectivity index (χ2n) is 3.03. The molecule has 2 aliphatic heterocycles. The molecule has 2 aliphatic rings. The molecule has 5 heteroatoms. The average molecular weight is 161 g/mol. The zero-order valence-corrected chi connectivity index (χ0v) is 5.93. The van der Waals surface area contributed by atoms with Gasteiger partial charge in [-0.2, -0.15) is 0 Å². The number of ether oxygens (including phenoxy) is 2. The zero-order chi connectivity index (χ0) is 8.06. The normalized spacial score (nSPS) is 55.4. The van der Waals surface area contributed by atoms with Crippen LogP contribution in [-0.4, -0.2) is 47.5 Å². The van der Waals surface area contributed by atoms with Gasteiger partial charge in [0.25, 0.3) is 0 Å². The summed E-state index contributed by atoms with van der Waals surface area (Å²) in [7, 11) is 0. The van der Waals surface area contributed by atoms with Crippen LogP contribution in [0.5, 0.6) is 0 Å². The van der Waals surface area contributed by atoms with Gasteiger partial charge in [-0.15, -0.1) is 0 Å². The van der Waals surface area contributed by atoms with Crippen LogP contribution in [0.15, 0.2) is 0 Å². The van der Waals surface area contributed by atoms with E-state index in [0.717, 1.165) is 0 Å². The van der Waals surface area contributed by atoms with Crippen molar-refractivity contribution in [2.75, 3.05) is 13.2 Å². The molecule has 0 aromatic heterocycles. The first-order chi connectivity index (χ1) is 5.19. The number of rotatable bonds is 1. The summed E-state index contributed by atoms with van der Waals surface area (Å²) in [5, 5.41) is 18.4. The third kappa shape index (κ3) is 0.771. The lowest BCUT2D eigenvalue weighted by molar-refractivity contribution is -0.158. The first kappa shape index (κ1) is 7.45. The molecule has 2 saturated heterocycles. The van der Waals surface area contributed by atoms with Crippen LogP contribution in [0.2, 0.25) is 0 Å². The second-order valence-corrected chi connectivity index (χ2v) is 3.03. The van der Waals surface area contributed by atoms with E-state index in [9.17, 15) is 5.11 Å². The van der Waals surface area contributed by atoms with Crippen molar-refractivity contribution >= 4 is 0 Å². The van der Waals surface area contributed by atoms with Gasteiger partial charge in [-0.05, 0) is 0 Å². The summed E-state index contributed by atoms with van der Waals surface area (Å²) in [4.78, 5) is 0. The van der Waals surface area contributed by atoms with Crippen molar-refractivity contribution in [1.82, 2.24) is 0 Å². The van der Waals surface area contributed by atoms with E-state index in [2.05, 4.69) is 0 Å². The Morgan fingerprint density at radius 1 is 1.64 bits per heavy atom. The summed E-state index contributed by atoms with van der Waals surface area (Å²) in [5.74, 6) is 0. The molecule has 5 nitrogen and oxygen atoms in total. The Morgan fingerprint density at radius 3 is 2.64 bits per heavy atom. The summed E-state index contributed by atoms with van der Waals surface area (Å²) in [6.45, 7) is -0.0264. The van der Waals surface area contributed by atoms with E-state index in [4.69, 9.17) is 20.3 Å². The number of hydrogen-bond acceptors (Lipinski definition) is 5. The summed E-state index contributed by atoms with van der Waals surface area (Å²) < 4.78 is 10.3. The Morgan fingerprint density at radius 2 is 2.36 bits per heavy atom. The van der Waals surface area contributed by atoms with Gasteiger partial charge in [-0.3, -0.25) is 0 Å². The van der Waals surface area contributed by atoms with E-state index < -0.39 is 24.0 Å². The summed E-state index contributed by atoms with van der Waals surface area (Å²) >= 11 is 0. The van der Waals surface area contributed by atoms with Crippen molar-refractivity contribution in [2.45, 2.75) is 24.0 Å². The van der Waals surface area contributed by atoms with Crippen molar-refractivity contribution < 1.29 is 19.7 Å². The monoisotopic (exact) mass is 161 g/mol. The molecular weight excluding hydrogens is 150 g/mol. The fraction of sp³-hybridized carbons (Fsp3) is 1.00. The lowest BCUT2D eigenvalue weighted by Gasteiger charge is -2.26. The molecule has 2 bridgehead atoms. The van der Waals surface area contributed by atoms with Crippen LogP contribution in [0, 0.1) is 0 Å². The van der Waals surface area contributed by atoms with Gasteiger partial charge in [-0.1, -0.05) is 0 Å². The van der Waals surface area contributed by atoms with Crippen molar-refractivity contribution in [1.29, 1.82) is 0 Å². The standard InChI is InChI=1S/C6H11NO4/c7-5-3-4(9)6(1-8,11-5)2-10-3/h3-5,8-9H,1-2,7H2/t3-,4?,5+,6-/m0/s1. The van der Waals surface area contributed by atoms with Crippen LogP contribution >= 0.6 is 0 Å². The molecule has 4 N–H and O–H groups in total. The van der Waals surface area contributed by atoms with Crippen LogP contribution < -0.4 is 5.73 Å². The third-order valence-corrected chi connectivity index (χ3v) is 2.33. The fourth-order valence-electron chi connectivity index (χ4n) is 1.61. The van der Waals surface area contributed by atoms with Gasteiger partial charge in [0.2, 0.25) is 0 Å². The lowest BCUT2D eigenvalue weighted by atomic mass is 10.0. The minimum atomic E-state index is -0.954. The van der Waals surface area contributed by atoms with Gasteiger partial charge in [0, 0.05) is 0 Å². The highest BCUT2D eigenvalue weighted by Gasteiger charge is 2.59. The summed E-state index contributed by atoms with van der Waals surface area (Å²) in [6, 6.07) is 0. The molecule has 2 heterocycles. The summed E-state index contributed by atoms with van der Waals surface area (Å²) in [6.07, 6.45) is -1.87. The van der Waals surface area contributed by atoms with Gasteiger partial charge in [-0.25, -0.2) is 0 Å². The van der Waals surface area contributed by atoms with Crippen molar-refractivity contribution in [3.8, 4) is 0 Å². The SMILES string of the molecule is N[C@@H]1O[C@@]2(CO)CO[C@H]1C2O. The Labute approximate surface area is 63.7 Å². The number of aliphatic hydroxyl groups excluding tert-OH is 2. The quantitative estimate of drug-likeness (QED) is 0.406. The molecule has 64 valence electrons. The fourth-order valence-corrected chi connectivity index (χ4v) is 1.61. The van der Waals surface area contributed by atoms with Gasteiger partial charge < -0.3 is 25.4 Å². The van der Waals surface area contributed by atoms with Crippen LogP contribution in [0.4, 0.5) is 0 Å². The van der Waals surface area contributed by atoms with E-state index in [-0.39, 0.29) is 13.2 Å². The highest BCUT2D eigenvalue weighted by atomic mass is 16.6. The zero-order valence-electron chi connectivity index (χ0n) is 5.93. The Hall–Kier alpha value is -0.200. The molecule has 2 rings (SSSR count). The maximum absolute atomic E-state index is 9.46. The topological polar surface area (TPSA) is 84.9 Å². The molecule has 2 fully saturated rings. The molecule has 1 unspecified atom stereocenters. The lowest BCUT2D eigenvalue weighted by Crippen LogP contribution is -2.45. The van der Waals surface area contributed by atoms with Crippen LogP contribution in [0.3, 0.4) is 0 Å². The molecule has 0 aromatic rings. The highest BCUT2D eigenvalue weighted by Crippen LogP contribution is 2.37. The Balaban J connectivity index is 2.24. The van der Waals surface area contributed by atoms with E-state index in [1.54, 1.807) is 0 Å². The third-order valence-electron chi connectivity index (χ3n) is 2.33. The van der Waals surface area contributed by atoms with E-state index in [1.165, 1.54) is 0 Å². The molecule has 0 amide bonds. The van der Waals surface area contributed by atoms with E-state index in [0.29, 0.717) is 0 Å². The Bertz CT molecular complexity index is 176. The molecule has 0 saturated carbocycles. The number of aliphatic hydroxyl groups is 2. The summed E-state index contributed by atoms with van der Waals surface area (Å²) in [5.41, 5.74) is 4.50. The van der Waals surface area contributed by atoms with Crippen molar-refractivity contribution in [2.24, 2.45) is 5.73 Å². The maximum Gasteiger partial charge on any atom is 0.145 e. The minimum absolute atomic E-state index is 0.225. The average Bonchev–Trinajstić information content (AvgIpc) is 2.42. The first-order valence-corrected chi connectivity index (χ1v) is 3.53. The smallest absolute Gasteiger partial charge is 0.145 e. The molecule has 11 heavy (non-hydrogen) atoms. The van der Waals surface area contributed by atoms with Gasteiger partial charge in [0.15, 0.2) is 0 Å². The molecule has 0 aliphatic carbocycles. The van der Waals surface area contributed by atoms with E-state index >= 15 is 0 Å². The van der Waals surface area contributed by atoms with Crippen LogP contribution in [0.25, 0.3) is 0 Å². The first-order valence-electron chi connectivity index (χ1n) is 3.53. The molecule has 0 radical (unpaired) electrons. The van der Waals surface area contributed by atoms with Crippen molar-refractivity contribution in [3.63, 3.8) is 0 Å². The maximum atomic E-state index is 9.46. The molecule has 0 aromatic carbocycles. The number of hydrogen-bond donors (Lipinski definition) is 3. The predicted octanol–water partition coefficient (Wildman–Crippen LogP) is -2.21. The predicted molar refractivity (Wildman–Crippen MR) is 34.6 cm³/mol. The van der Waals surface area contributed by atoms with Crippen molar-refractivity contribution in [3.05, 3.63) is 0 Å². The molecule has 4 atom stereocenters. The molecule has 0 spiro atoms. The van der Waals surface area contributed by atoms with Gasteiger partial charge in [0.1, 0.15) is 24.0 Å². The number of nitrogens with two attached hydrogens (primary N) is 1. The largest absolute Gasteiger partial charge is 0.393 e. The van der Waals surface area contributed by atoms with Crippen LogP contribution in [-0.2, 0) is 9.47 Å². The van der Waals surface area contributed by atoms with E-state index in [1.807, 2.05) is 0 Å². The Kier molecular flexibility index (Phi) is 1.45. The van der Waals surface area contributed by atoms with Crippen LogP contribution in [0.1, 0.15) is 0 Å². The minimum Gasteiger partial charge on any atom is -0.393 e.